The molecule has 0 fully saturated rings. The highest BCUT2D eigenvalue weighted by molar-refractivity contribution is 7.89. The molecule has 0 radical (unpaired) electrons. The van der Waals surface area contributed by atoms with Crippen molar-refractivity contribution in [1.82, 2.24) is 10.0 Å². The Bertz CT molecular complexity index is 201. The summed E-state index contributed by atoms with van der Waals surface area (Å²) in [6, 6.07) is 0.0341. The molecule has 2 N–H and O–H groups in total. The van der Waals surface area contributed by atoms with Gasteiger partial charge in [-0.3, -0.25) is 0 Å². The first-order valence-corrected chi connectivity index (χ1v) is 5.81. The normalized spacial score (nSPS) is 14.6. The molecule has 0 saturated carbocycles. The van der Waals surface area contributed by atoms with Gasteiger partial charge in [-0.15, -0.1) is 0 Å². The van der Waals surface area contributed by atoms with Gasteiger partial charge in [-0.05, 0) is 20.4 Å². The lowest BCUT2D eigenvalue weighted by Crippen LogP contribution is -2.36. The van der Waals surface area contributed by atoms with E-state index in [0.29, 0.717) is 6.54 Å². The van der Waals surface area contributed by atoms with Crippen molar-refractivity contribution in [3.8, 4) is 0 Å². The smallest absolute Gasteiger partial charge is 0.213 e. The second-order valence-corrected chi connectivity index (χ2v) is 4.72. The van der Waals surface area contributed by atoms with Crippen LogP contribution in [0.3, 0.4) is 0 Å². The molecule has 4 nitrogen and oxygen atoms in total. The summed E-state index contributed by atoms with van der Waals surface area (Å²) in [5.41, 5.74) is 0. The van der Waals surface area contributed by atoms with Crippen molar-refractivity contribution in [2.75, 3.05) is 19.3 Å². The van der Waals surface area contributed by atoms with Crippen LogP contribution in [-0.2, 0) is 10.0 Å². The number of sulfonamides is 1. The molecule has 1 unspecified atom stereocenters. The first kappa shape index (κ1) is 11.9. The molecular formula is C7H18N2O2S. The zero-order valence-corrected chi connectivity index (χ0v) is 8.74. The molecule has 0 aromatic carbocycles. The van der Waals surface area contributed by atoms with Crippen LogP contribution in [-0.4, -0.2) is 33.8 Å². The SMILES string of the molecule is CCC(C)NS(=O)(=O)CCNC. The molecule has 0 bridgehead atoms. The van der Waals surface area contributed by atoms with Crippen molar-refractivity contribution in [1.29, 1.82) is 0 Å². The molecule has 0 spiro atoms. The van der Waals surface area contributed by atoms with Gasteiger partial charge in [0.1, 0.15) is 0 Å². The predicted octanol–water partition coefficient (Wildman–Crippen LogP) is -0.0763. The molecule has 0 heterocycles. The van der Waals surface area contributed by atoms with Gasteiger partial charge in [-0.1, -0.05) is 6.92 Å². The minimum absolute atomic E-state index is 0.0341. The summed E-state index contributed by atoms with van der Waals surface area (Å²) in [6.45, 7) is 4.30. The fraction of sp³-hybridized carbons (Fsp3) is 1.00. The van der Waals surface area contributed by atoms with E-state index in [1.54, 1.807) is 7.05 Å². The molecule has 74 valence electrons. The highest BCUT2D eigenvalue weighted by Gasteiger charge is 2.11. The Kier molecular flexibility index (Phi) is 5.44. The summed E-state index contributed by atoms with van der Waals surface area (Å²) >= 11 is 0. The van der Waals surface area contributed by atoms with Crippen molar-refractivity contribution in [3.63, 3.8) is 0 Å². The molecule has 0 saturated heterocycles. The van der Waals surface area contributed by atoms with Crippen molar-refractivity contribution in [2.45, 2.75) is 26.3 Å². The van der Waals surface area contributed by atoms with Crippen LogP contribution in [0.5, 0.6) is 0 Å². The van der Waals surface area contributed by atoms with Gasteiger partial charge in [-0.25, -0.2) is 13.1 Å². The topological polar surface area (TPSA) is 58.2 Å². The van der Waals surface area contributed by atoms with E-state index in [9.17, 15) is 8.42 Å². The van der Waals surface area contributed by atoms with E-state index < -0.39 is 10.0 Å². The van der Waals surface area contributed by atoms with Gasteiger partial charge in [0, 0.05) is 12.6 Å². The highest BCUT2D eigenvalue weighted by atomic mass is 32.2. The molecule has 12 heavy (non-hydrogen) atoms. The molecule has 0 rings (SSSR count). The fourth-order valence-electron chi connectivity index (χ4n) is 0.685. The molecule has 0 aliphatic heterocycles. The van der Waals surface area contributed by atoms with Gasteiger partial charge in [0.25, 0.3) is 0 Å². The zero-order valence-electron chi connectivity index (χ0n) is 7.92. The molecule has 0 aromatic rings. The molecule has 5 heteroatoms. The number of rotatable bonds is 6. The van der Waals surface area contributed by atoms with E-state index in [2.05, 4.69) is 10.0 Å². The van der Waals surface area contributed by atoms with E-state index in [1.807, 2.05) is 13.8 Å². The molecule has 1 atom stereocenters. The Balaban J connectivity index is 3.88. The van der Waals surface area contributed by atoms with E-state index in [1.165, 1.54) is 0 Å². The monoisotopic (exact) mass is 194 g/mol. The Hall–Kier alpha value is -0.130. The third kappa shape index (κ3) is 5.51. The molecular weight excluding hydrogens is 176 g/mol. The van der Waals surface area contributed by atoms with Gasteiger partial charge in [0.15, 0.2) is 0 Å². The van der Waals surface area contributed by atoms with E-state index in [0.717, 1.165) is 6.42 Å². The average molecular weight is 194 g/mol. The molecule has 0 amide bonds. The summed E-state index contributed by atoms with van der Waals surface area (Å²) in [6.07, 6.45) is 0.818. The lowest BCUT2D eigenvalue weighted by Gasteiger charge is -2.11. The third-order valence-corrected chi connectivity index (χ3v) is 3.12. The minimum Gasteiger partial charge on any atom is -0.319 e. The van der Waals surface area contributed by atoms with Crippen LogP contribution in [0.2, 0.25) is 0 Å². The lowest BCUT2D eigenvalue weighted by molar-refractivity contribution is 0.554. The average Bonchev–Trinajstić information content (AvgIpc) is 2.00. The number of hydrogen-bond acceptors (Lipinski definition) is 3. The highest BCUT2D eigenvalue weighted by Crippen LogP contribution is 1.92. The Morgan fingerprint density at radius 3 is 2.42 bits per heavy atom. The quantitative estimate of drug-likeness (QED) is 0.622. The summed E-state index contributed by atoms with van der Waals surface area (Å²) in [7, 11) is -1.33. The van der Waals surface area contributed by atoms with Crippen LogP contribution in [0, 0.1) is 0 Å². The zero-order chi connectivity index (χ0) is 9.61. The van der Waals surface area contributed by atoms with E-state index in [-0.39, 0.29) is 11.8 Å². The van der Waals surface area contributed by atoms with Gasteiger partial charge in [-0.2, -0.15) is 0 Å². The van der Waals surface area contributed by atoms with Gasteiger partial charge < -0.3 is 5.32 Å². The first-order valence-electron chi connectivity index (χ1n) is 4.16. The second-order valence-electron chi connectivity index (χ2n) is 2.85. The van der Waals surface area contributed by atoms with Crippen molar-refractivity contribution in [2.24, 2.45) is 0 Å². The van der Waals surface area contributed by atoms with Crippen LogP contribution in [0.4, 0.5) is 0 Å². The van der Waals surface area contributed by atoms with Crippen LogP contribution in [0.1, 0.15) is 20.3 Å². The third-order valence-electron chi connectivity index (χ3n) is 1.61. The van der Waals surface area contributed by atoms with E-state index in [4.69, 9.17) is 0 Å². The summed E-state index contributed by atoms with van der Waals surface area (Å²) in [5.74, 6) is 0.147. The maximum atomic E-state index is 11.2. The first-order chi connectivity index (χ1) is 5.52. The van der Waals surface area contributed by atoms with Gasteiger partial charge >= 0.3 is 0 Å². The summed E-state index contributed by atoms with van der Waals surface area (Å²) in [5, 5.41) is 2.80. The summed E-state index contributed by atoms with van der Waals surface area (Å²) in [4.78, 5) is 0. The molecule has 0 aliphatic rings. The van der Waals surface area contributed by atoms with Crippen LogP contribution < -0.4 is 10.0 Å². The number of nitrogens with one attached hydrogen (secondary N) is 2. The molecule has 0 aromatic heterocycles. The van der Waals surface area contributed by atoms with Gasteiger partial charge in [0.05, 0.1) is 5.75 Å². The van der Waals surface area contributed by atoms with Crippen molar-refractivity contribution >= 4 is 10.0 Å². The second kappa shape index (κ2) is 5.50. The van der Waals surface area contributed by atoms with Crippen molar-refractivity contribution in [3.05, 3.63) is 0 Å². The Labute approximate surface area is 74.8 Å². The number of hydrogen-bond donors (Lipinski definition) is 2. The van der Waals surface area contributed by atoms with E-state index >= 15 is 0 Å². The summed E-state index contributed by atoms with van der Waals surface area (Å²) < 4.78 is 25.0. The maximum absolute atomic E-state index is 11.2. The Morgan fingerprint density at radius 2 is 2.00 bits per heavy atom. The van der Waals surface area contributed by atoms with Crippen molar-refractivity contribution < 1.29 is 8.42 Å². The van der Waals surface area contributed by atoms with Crippen LogP contribution in [0.25, 0.3) is 0 Å². The lowest BCUT2D eigenvalue weighted by atomic mass is 10.3. The minimum atomic E-state index is -3.07. The predicted molar refractivity (Wildman–Crippen MR) is 50.6 cm³/mol. The van der Waals surface area contributed by atoms with Gasteiger partial charge in [0.2, 0.25) is 10.0 Å². The fourth-order valence-corrected chi connectivity index (χ4v) is 2.06. The molecule has 0 aliphatic carbocycles. The largest absolute Gasteiger partial charge is 0.319 e. The van der Waals surface area contributed by atoms with Crippen LogP contribution >= 0.6 is 0 Å². The maximum Gasteiger partial charge on any atom is 0.213 e. The van der Waals surface area contributed by atoms with Crippen LogP contribution in [0.15, 0.2) is 0 Å². The Morgan fingerprint density at radius 1 is 1.42 bits per heavy atom. The standard InChI is InChI=1S/C7H18N2O2S/c1-4-7(2)9-12(10,11)6-5-8-3/h7-9H,4-6H2,1-3H3.